The zero-order valence-corrected chi connectivity index (χ0v) is 7.90. The molecule has 0 radical (unpaired) electrons. The zero-order valence-electron chi connectivity index (χ0n) is 7.90. The van der Waals surface area contributed by atoms with Gasteiger partial charge in [-0.2, -0.15) is 10.4 Å². The average molecular weight is 215 g/mol. The van der Waals surface area contributed by atoms with E-state index in [0.29, 0.717) is 0 Å². The van der Waals surface area contributed by atoms with Crippen LogP contribution in [0.1, 0.15) is 16.2 Å². The van der Waals surface area contributed by atoms with E-state index in [4.69, 9.17) is 10.4 Å². The first-order valence-electron chi connectivity index (χ1n) is 4.23. The molecule has 7 heteroatoms. The number of aromatic nitrogens is 4. The maximum Gasteiger partial charge on any atom is 0.356 e. The minimum absolute atomic E-state index is 0.106. The highest BCUT2D eigenvalue weighted by Crippen LogP contribution is 2.02. The summed E-state index contributed by atoms with van der Waals surface area (Å²) in [5, 5.41) is 21.1. The molecule has 7 nitrogen and oxygen atoms in total. The Balaban J connectivity index is 2.43. The number of carbonyl (C=O) groups is 1. The SMILES string of the molecule is N#Cc1ccnc(-n2ccc(C(=O)O)n2)n1. The van der Waals surface area contributed by atoms with E-state index < -0.39 is 5.97 Å². The molecule has 2 heterocycles. The van der Waals surface area contributed by atoms with Crippen LogP contribution in [0.5, 0.6) is 0 Å². The number of rotatable bonds is 2. The highest BCUT2D eigenvalue weighted by atomic mass is 16.4. The molecule has 78 valence electrons. The molecule has 0 unspecified atom stereocenters. The fraction of sp³-hybridized carbons (Fsp3) is 0. The Labute approximate surface area is 89.6 Å². The van der Waals surface area contributed by atoms with E-state index in [0.717, 1.165) is 0 Å². The van der Waals surface area contributed by atoms with Gasteiger partial charge >= 0.3 is 5.97 Å². The van der Waals surface area contributed by atoms with Crippen LogP contribution >= 0.6 is 0 Å². The summed E-state index contributed by atoms with van der Waals surface area (Å²) in [5.41, 5.74) is 0.0864. The molecule has 0 atom stereocenters. The third kappa shape index (κ3) is 1.72. The summed E-state index contributed by atoms with van der Waals surface area (Å²) >= 11 is 0. The lowest BCUT2D eigenvalue weighted by Gasteiger charge is -1.97. The van der Waals surface area contributed by atoms with Crippen molar-refractivity contribution in [1.29, 1.82) is 5.26 Å². The molecule has 0 amide bonds. The first kappa shape index (κ1) is 9.79. The van der Waals surface area contributed by atoms with E-state index in [1.165, 1.54) is 29.2 Å². The Morgan fingerprint density at radius 2 is 2.31 bits per heavy atom. The zero-order chi connectivity index (χ0) is 11.5. The second-order valence-corrected chi connectivity index (χ2v) is 2.80. The maximum atomic E-state index is 10.6. The van der Waals surface area contributed by atoms with Crippen LogP contribution in [0.2, 0.25) is 0 Å². The summed E-state index contributed by atoms with van der Waals surface area (Å²) in [6.45, 7) is 0. The summed E-state index contributed by atoms with van der Waals surface area (Å²) in [6, 6.07) is 4.63. The first-order valence-corrected chi connectivity index (χ1v) is 4.23. The quantitative estimate of drug-likeness (QED) is 0.768. The van der Waals surface area contributed by atoms with Crippen LogP contribution in [0.25, 0.3) is 5.95 Å². The molecular formula is C9H5N5O2. The molecule has 0 aliphatic rings. The fourth-order valence-corrected chi connectivity index (χ4v) is 1.07. The molecule has 16 heavy (non-hydrogen) atoms. The van der Waals surface area contributed by atoms with Gasteiger partial charge in [0.15, 0.2) is 5.69 Å². The van der Waals surface area contributed by atoms with Crippen molar-refractivity contribution in [2.45, 2.75) is 0 Å². The molecule has 0 aromatic carbocycles. The number of carboxylic acid groups (broad SMARTS) is 1. The predicted molar refractivity (Wildman–Crippen MR) is 50.8 cm³/mol. The molecular weight excluding hydrogens is 210 g/mol. The minimum atomic E-state index is -1.13. The summed E-state index contributed by atoms with van der Waals surface area (Å²) in [5.74, 6) is -0.971. The van der Waals surface area contributed by atoms with Crippen molar-refractivity contribution in [2.75, 3.05) is 0 Å². The Hall–Kier alpha value is -2.75. The number of aromatic carboxylic acids is 1. The van der Waals surface area contributed by atoms with E-state index in [1.54, 1.807) is 0 Å². The molecule has 2 aromatic rings. The summed E-state index contributed by atoms with van der Waals surface area (Å²) in [4.78, 5) is 18.3. The van der Waals surface area contributed by atoms with Gasteiger partial charge in [0.1, 0.15) is 11.8 Å². The first-order chi connectivity index (χ1) is 7.70. The topological polar surface area (TPSA) is 105 Å². The fourth-order valence-electron chi connectivity index (χ4n) is 1.07. The van der Waals surface area contributed by atoms with Crippen molar-refractivity contribution in [3.05, 3.63) is 35.9 Å². The second kappa shape index (κ2) is 3.78. The number of nitrogens with zero attached hydrogens (tertiary/aromatic N) is 5. The number of nitriles is 1. The van der Waals surface area contributed by atoms with Crippen molar-refractivity contribution >= 4 is 5.97 Å². The van der Waals surface area contributed by atoms with Gasteiger partial charge in [-0.1, -0.05) is 0 Å². The van der Waals surface area contributed by atoms with E-state index in [1.807, 2.05) is 6.07 Å². The van der Waals surface area contributed by atoms with Gasteiger partial charge in [-0.25, -0.2) is 19.4 Å². The molecule has 1 N–H and O–H groups in total. The predicted octanol–water partition coefficient (Wildman–Crippen LogP) is 0.232. The Bertz CT molecular complexity index is 584. The van der Waals surface area contributed by atoms with Gasteiger partial charge in [0.05, 0.1) is 0 Å². The van der Waals surface area contributed by atoms with E-state index in [9.17, 15) is 4.79 Å². The second-order valence-electron chi connectivity index (χ2n) is 2.80. The van der Waals surface area contributed by atoms with Crippen molar-refractivity contribution in [3.8, 4) is 12.0 Å². The Morgan fingerprint density at radius 3 is 2.94 bits per heavy atom. The molecule has 0 aliphatic carbocycles. The van der Waals surface area contributed by atoms with Gasteiger partial charge in [0.2, 0.25) is 0 Å². The van der Waals surface area contributed by atoms with Gasteiger partial charge in [-0.05, 0) is 12.1 Å². The standard InChI is InChI=1S/C9H5N5O2/c10-5-6-1-3-11-9(12-6)14-4-2-7(13-14)8(15)16/h1-4H,(H,15,16). The van der Waals surface area contributed by atoms with Crippen LogP contribution in [0.4, 0.5) is 0 Å². The van der Waals surface area contributed by atoms with Crippen molar-refractivity contribution in [2.24, 2.45) is 0 Å². The van der Waals surface area contributed by atoms with Gasteiger partial charge in [0.25, 0.3) is 5.95 Å². The van der Waals surface area contributed by atoms with Gasteiger partial charge in [-0.3, -0.25) is 0 Å². The summed E-state index contributed by atoms with van der Waals surface area (Å²) < 4.78 is 1.20. The van der Waals surface area contributed by atoms with Crippen LogP contribution < -0.4 is 0 Å². The molecule has 2 rings (SSSR count). The van der Waals surface area contributed by atoms with Gasteiger partial charge in [0, 0.05) is 12.4 Å². The monoisotopic (exact) mass is 215 g/mol. The van der Waals surface area contributed by atoms with Gasteiger partial charge < -0.3 is 5.11 Å². The smallest absolute Gasteiger partial charge is 0.356 e. The number of hydrogen-bond donors (Lipinski definition) is 1. The largest absolute Gasteiger partial charge is 0.476 e. The molecule has 0 saturated heterocycles. The van der Waals surface area contributed by atoms with Gasteiger partial charge in [-0.15, -0.1) is 0 Å². The van der Waals surface area contributed by atoms with Crippen LogP contribution in [0, 0.1) is 11.3 Å². The summed E-state index contributed by atoms with van der Waals surface area (Å²) in [7, 11) is 0. The third-order valence-corrected chi connectivity index (χ3v) is 1.77. The van der Waals surface area contributed by atoms with Crippen LogP contribution in [0.3, 0.4) is 0 Å². The third-order valence-electron chi connectivity index (χ3n) is 1.77. The van der Waals surface area contributed by atoms with E-state index in [-0.39, 0.29) is 17.3 Å². The highest BCUT2D eigenvalue weighted by molar-refractivity contribution is 5.85. The van der Waals surface area contributed by atoms with Crippen molar-refractivity contribution in [1.82, 2.24) is 19.7 Å². The average Bonchev–Trinajstić information content (AvgIpc) is 2.78. The molecule has 0 fully saturated rings. The lowest BCUT2D eigenvalue weighted by Crippen LogP contribution is -2.05. The maximum absolute atomic E-state index is 10.6. The van der Waals surface area contributed by atoms with Crippen LogP contribution in [0.15, 0.2) is 24.5 Å². The lowest BCUT2D eigenvalue weighted by atomic mass is 10.4. The molecule has 0 spiro atoms. The Morgan fingerprint density at radius 1 is 1.50 bits per heavy atom. The normalized spacial score (nSPS) is 9.69. The van der Waals surface area contributed by atoms with Crippen LogP contribution in [-0.2, 0) is 0 Å². The van der Waals surface area contributed by atoms with E-state index in [2.05, 4.69) is 15.1 Å². The molecule has 0 saturated carbocycles. The van der Waals surface area contributed by atoms with Crippen molar-refractivity contribution in [3.63, 3.8) is 0 Å². The number of hydrogen-bond acceptors (Lipinski definition) is 5. The van der Waals surface area contributed by atoms with Crippen LogP contribution in [-0.4, -0.2) is 30.8 Å². The molecule has 2 aromatic heterocycles. The number of carboxylic acids is 1. The highest BCUT2D eigenvalue weighted by Gasteiger charge is 2.09. The van der Waals surface area contributed by atoms with Crippen molar-refractivity contribution < 1.29 is 9.90 Å². The minimum Gasteiger partial charge on any atom is -0.476 e. The Kier molecular flexibility index (Phi) is 2.31. The summed E-state index contributed by atoms with van der Waals surface area (Å²) in [6.07, 6.45) is 2.82. The molecule has 0 bridgehead atoms. The van der Waals surface area contributed by atoms with E-state index >= 15 is 0 Å². The molecule has 0 aliphatic heterocycles. The lowest BCUT2D eigenvalue weighted by molar-refractivity contribution is 0.0690.